The normalized spacial score (nSPS) is 10.7. The zero-order chi connectivity index (χ0) is 18.4. The number of fused-ring (bicyclic) bond motifs is 1. The summed E-state index contributed by atoms with van der Waals surface area (Å²) in [6, 6.07) is 17.6. The van der Waals surface area contributed by atoms with Crippen molar-refractivity contribution in [3.63, 3.8) is 0 Å². The Morgan fingerprint density at radius 1 is 1.08 bits per heavy atom. The Hall–Kier alpha value is -2.60. The van der Waals surface area contributed by atoms with Gasteiger partial charge in [-0.25, -0.2) is 4.98 Å². The molecular formula is C20H21N3O2S. The van der Waals surface area contributed by atoms with Crippen molar-refractivity contribution in [2.75, 3.05) is 19.4 Å². The summed E-state index contributed by atoms with van der Waals surface area (Å²) in [5.74, 6) is 0.383. The van der Waals surface area contributed by atoms with E-state index in [0.717, 1.165) is 16.5 Å². The number of ether oxygens (including phenoxy) is 1. The molecule has 1 heterocycles. The SMILES string of the molecule is CCN(Cc1ccccc1)C(=O)COc1nc(SC)nc2ccccc12. The number of nitrogens with zero attached hydrogens (tertiary/aromatic N) is 3. The fraction of sp³-hybridized carbons (Fsp3) is 0.250. The first-order valence-corrected chi connectivity index (χ1v) is 9.69. The third-order valence-electron chi connectivity index (χ3n) is 4.01. The van der Waals surface area contributed by atoms with E-state index in [9.17, 15) is 4.79 Å². The molecule has 5 nitrogen and oxygen atoms in total. The van der Waals surface area contributed by atoms with E-state index in [1.165, 1.54) is 11.8 Å². The maximum Gasteiger partial charge on any atom is 0.260 e. The number of benzene rings is 2. The van der Waals surface area contributed by atoms with Crippen LogP contribution in [0.25, 0.3) is 10.9 Å². The molecule has 0 spiro atoms. The van der Waals surface area contributed by atoms with Gasteiger partial charge < -0.3 is 9.64 Å². The van der Waals surface area contributed by atoms with Crippen LogP contribution < -0.4 is 4.74 Å². The summed E-state index contributed by atoms with van der Waals surface area (Å²) in [5, 5.41) is 1.44. The van der Waals surface area contributed by atoms with E-state index >= 15 is 0 Å². The molecule has 0 aliphatic heterocycles. The first-order valence-electron chi connectivity index (χ1n) is 8.46. The van der Waals surface area contributed by atoms with E-state index in [-0.39, 0.29) is 12.5 Å². The van der Waals surface area contributed by atoms with Crippen molar-refractivity contribution in [1.29, 1.82) is 0 Å². The van der Waals surface area contributed by atoms with Gasteiger partial charge in [0.15, 0.2) is 11.8 Å². The first kappa shape index (κ1) is 18.2. The van der Waals surface area contributed by atoms with E-state index in [1.54, 1.807) is 4.90 Å². The molecule has 134 valence electrons. The molecule has 0 saturated carbocycles. The summed E-state index contributed by atoms with van der Waals surface area (Å²) >= 11 is 1.45. The maximum absolute atomic E-state index is 12.6. The van der Waals surface area contributed by atoms with Crippen molar-refractivity contribution in [1.82, 2.24) is 14.9 Å². The molecule has 0 atom stereocenters. The molecule has 3 aromatic rings. The number of thioether (sulfide) groups is 1. The summed E-state index contributed by atoms with van der Waals surface area (Å²) in [4.78, 5) is 23.3. The smallest absolute Gasteiger partial charge is 0.260 e. The molecule has 0 unspecified atom stereocenters. The van der Waals surface area contributed by atoms with E-state index in [2.05, 4.69) is 9.97 Å². The van der Waals surface area contributed by atoms with Crippen LogP contribution in [0.5, 0.6) is 5.88 Å². The van der Waals surface area contributed by atoms with Gasteiger partial charge in [-0.15, -0.1) is 0 Å². The average Bonchev–Trinajstić information content (AvgIpc) is 2.70. The van der Waals surface area contributed by atoms with E-state index in [4.69, 9.17) is 4.74 Å². The molecule has 1 aromatic heterocycles. The lowest BCUT2D eigenvalue weighted by Gasteiger charge is -2.21. The second kappa shape index (κ2) is 8.67. The van der Waals surface area contributed by atoms with Gasteiger partial charge in [-0.1, -0.05) is 54.2 Å². The third kappa shape index (κ3) is 4.32. The van der Waals surface area contributed by atoms with Crippen molar-refractivity contribution >= 4 is 28.6 Å². The molecule has 6 heteroatoms. The lowest BCUT2D eigenvalue weighted by Crippen LogP contribution is -2.34. The molecule has 2 aromatic carbocycles. The van der Waals surface area contributed by atoms with E-state index in [0.29, 0.717) is 24.1 Å². The molecule has 1 amide bonds. The van der Waals surface area contributed by atoms with Gasteiger partial charge in [-0.3, -0.25) is 4.79 Å². The number of carbonyl (C=O) groups excluding carboxylic acids is 1. The number of amides is 1. The summed E-state index contributed by atoms with van der Waals surface area (Å²) in [6.45, 7) is 3.11. The largest absolute Gasteiger partial charge is 0.467 e. The van der Waals surface area contributed by atoms with Crippen molar-refractivity contribution < 1.29 is 9.53 Å². The van der Waals surface area contributed by atoms with E-state index < -0.39 is 0 Å². The van der Waals surface area contributed by atoms with Crippen LogP contribution >= 0.6 is 11.8 Å². The van der Waals surface area contributed by atoms with Crippen LogP contribution in [0.3, 0.4) is 0 Å². The molecule has 0 N–H and O–H groups in total. The van der Waals surface area contributed by atoms with Gasteiger partial charge in [0.25, 0.3) is 5.91 Å². The van der Waals surface area contributed by atoms with Crippen molar-refractivity contribution in [3.05, 3.63) is 60.2 Å². The Kier molecular flexibility index (Phi) is 6.07. The van der Waals surface area contributed by atoms with Gasteiger partial charge in [0, 0.05) is 13.1 Å². The Bertz CT molecular complexity index is 887. The van der Waals surface area contributed by atoms with Crippen LogP contribution in [-0.4, -0.2) is 40.2 Å². The van der Waals surface area contributed by atoms with Crippen LogP contribution in [0.4, 0.5) is 0 Å². The van der Waals surface area contributed by atoms with Crippen LogP contribution in [0.15, 0.2) is 59.8 Å². The van der Waals surface area contributed by atoms with Crippen molar-refractivity contribution in [3.8, 4) is 5.88 Å². The zero-order valence-corrected chi connectivity index (χ0v) is 15.7. The number of rotatable bonds is 7. The maximum atomic E-state index is 12.6. The third-order valence-corrected chi connectivity index (χ3v) is 4.56. The second-order valence-electron chi connectivity index (χ2n) is 5.71. The Balaban J connectivity index is 1.73. The van der Waals surface area contributed by atoms with Gasteiger partial charge in [0.05, 0.1) is 10.9 Å². The number of para-hydroxylation sites is 1. The zero-order valence-electron chi connectivity index (χ0n) is 14.9. The van der Waals surface area contributed by atoms with Gasteiger partial charge in [0.2, 0.25) is 5.88 Å². The Morgan fingerprint density at radius 3 is 2.54 bits per heavy atom. The predicted octanol–water partition coefficient (Wildman–Crippen LogP) is 3.78. The molecule has 3 rings (SSSR count). The Labute approximate surface area is 157 Å². The summed E-state index contributed by atoms with van der Waals surface area (Å²) in [5.41, 5.74) is 1.91. The molecule has 0 aliphatic carbocycles. The lowest BCUT2D eigenvalue weighted by molar-refractivity contribution is -0.133. The minimum Gasteiger partial charge on any atom is -0.467 e. The molecule has 0 aliphatic rings. The molecular weight excluding hydrogens is 346 g/mol. The van der Waals surface area contributed by atoms with Crippen LogP contribution in [-0.2, 0) is 11.3 Å². The second-order valence-corrected chi connectivity index (χ2v) is 6.49. The van der Waals surface area contributed by atoms with Gasteiger partial charge >= 0.3 is 0 Å². The summed E-state index contributed by atoms with van der Waals surface area (Å²) in [7, 11) is 0. The number of hydrogen-bond acceptors (Lipinski definition) is 5. The van der Waals surface area contributed by atoms with Crippen molar-refractivity contribution in [2.45, 2.75) is 18.6 Å². The first-order chi connectivity index (χ1) is 12.7. The highest BCUT2D eigenvalue weighted by molar-refractivity contribution is 7.98. The summed E-state index contributed by atoms with van der Waals surface area (Å²) in [6.07, 6.45) is 1.91. The number of carbonyl (C=O) groups is 1. The van der Waals surface area contributed by atoms with E-state index in [1.807, 2.05) is 67.8 Å². The molecule has 0 bridgehead atoms. The van der Waals surface area contributed by atoms with Gasteiger partial charge in [-0.2, -0.15) is 4.98 Å². The Morgan fingerprint density at radius 2 is 1.81 bits per heavy atom. The fourth-order valence-corrected chi connectivity index (χ4v) is 2.99. The average molecular weight is 367 g/mol. The topological polar surface area (TPSA) is 55.3 Å². The molecule has 0 radical (unpaired) electrons. The van der Waals surface area contributed by atoms with Crippen LogP contribution in [0.1, 0.15) is 12.5 Å². The molecule has 0 saturated heterocycles. The minimum absolute atomic E-state index is 0.0461. The van der Waals surface area contributed by atoms with Crippen molar-refractivity contribution in [2.24, 2.45) is 0 Å². The van der Waals surface area contributed by atoms with Gasteiger partial charge in [0.1, 0.15) is 0 Å². The summed E-state index contributed by atoms with van der Waals surface area (Å²) < 4.78 is 5.79. The predicted molar refractivity (Wildman–Crippen MR) is 104 cm³/mol. The molecule has 0 fully saturated rings. The minimum atomic E-state index is -0.0650. The highest BCUT2D eigenvalue weighted by Gasteiger charge is 2.15. The monoisotopic (exact) mass is 367 g/mol. The quantitative estimate of drug-likeness (QED) is 0.470. The lowest BCUT2D eigenvalue weighted by atomic mass is 10.2. The van der Waals surface area contributed by atoms with Crippen LogP contribution in [0.2, 0.25) is 0 Å². The van der Waals surface area contributed by atoms with Crippen LogP contribution in [0, 0.1) is 0 Å². The highest BCUT2D eigenvalue weighted by Crippen LogP contribution is 2.25. The molecule has 26 heavy (non-hydrogen) atoms. The standard InChI is InChI=1S/C20H21N3O2S/c1-3-23(13-15-9-5-4-6-10-15)18(24)14-25-19-16-11-7-8-12-17(16)21-20(22-19)26-2/h4-12H,3,13-14H2,1-2H3. The fourth-order valence-electron chi connectivity index (χ4n) is 2.63. The van der Waals surface area contributed by atoms with Gasteiger partial charge in [-0.05, 0) is 30.9 Å². The number of likely N-dealkylation sites (N-methyl/N-ethyl adjacent to an activating group) is 1. The number of aromatic nitrogens is 2. The highest BCUT2D eigenvalue weighted by atomic mass is 32.2. The number of hydrogen-bond donors (Lipinski definition) is 0.